The third kappa shape index (κ3) is 68.6. The van der Waals surface area contributed by atoms with Crippen LogP contribution in [0, 0.1) is 0 Å². The van der Waals surface area contributed by atoms with Crippen molar-refractivity contribution in [2.75, 3.05) is 39.6 Å². The Hall–Kier alpha value is -1.94. The molecule has 0 aliphatic heterocycles. The molecule has 0 heterocycles. The number of unbranched alkanes of at least 4 members (excludes halogenated alkanes) is 50. The number of phosphoric ester groups is 2. The van der Waals surface area contributed by atoms with E-state index in [2.05, 4.69) is 27.7 Å². The first-order valence-corrected chi connectivity index (χ1v) is 42.3. The molecule has 0 rings (SSSR count). The van der Waals surface area contributed by atoms with Crippen LogP contribution in [0.3, 0.4) is 0 Å². The van der Waals surface area contributed by atoms with Crippen LogP contribution >= 0.6 is 15.6 Å². The van der Waals surface area contributed by atoms with Crippen LogP contribution in [0.5, 0.6) is 0 Å². The summed E-state index contributed by atoms with van der Waals surface area (Å²) in [6.45, 7) is 4.97. The van der Waals surface area contributed by atoms with E-state index < -0.39 is 97.5 Å². The molecule has 2 unspecified atom stereocenters. The smallest absolute Gasteiger partial charge is 0.462 e. The maximum Gasteiger partial charge on any atom is 0.472 e. The van der Waals surface area contributed by atoms with E-state index in [1.54, 1.807) is 0 Å². The number of carbonyl (C=O) groups excluding carboxylic acids is 4. The Kier molecular flexibility index (Phi) is 68.1. The van der Waals surface area contributed by atoms with E-state index in [1.165, 1.54) is 231 Å². The number of hydrogen-bond acceptors (Lipinski definition) is 15. The van der Waals surface area contributed by atoms with Crippen LogP contribution in [0.1, 0.15) is 400 Å². The van der Waals surface area contributed by atoms with Gasteiger partial charge in [0.15, 0.2) is 12.2 Å². The molecular weight excluding hydrogens is 1230 g/mol. The van der Waals surface area contributed by atoms with Gasteiger partial charge in [-0.05, 0) is 25.7 Å². The highest BCUT2D eigenvalue weighted by Gasteiger charge is 2.30. The maximum absolute atomic E-state index is 13.1. The van der Waals surface area contributed by atoms with Crippen LogP contribution in [-0.4, -0.2) is 96.7 Å². The van der Waals surface area contributed by atoms with E-state index in [0.29, 0.717) is 25.7 Å². The topological polar surface area (TPSA) is 237 Å². The molecule has 0 aliphatic rings. The Balaban J connectivity index is 5.21. The largest absolute Gasteiger partial charge is 0.472 e. The minimum atomic E-state index is -4.95. The number of hydrogen-bond donors (Lipinski definition) is 3. The number of esters is 4. The third-order valence-corrected chi connectivity index (χ3v) is 19.5. The number of ether oxygens (including phenoxy) is 4. The molecule has 0 spiro atoms. The SMILES string of the molecule is CCCCCCCCCCCCCCCCCCCC(=O)O[C@H](COC(=O)CCCCCCCCCCCCCCCCC)COP(=O)(O)OC[C@@H](O)COP(=O)(O)OC[C@@H](COC(=O)CCCCCCCCCC)OC(=O)CCCCCCCCCCCCCCCC. The van der Waals surface area contributed by atoms with Crippen molar-refractivity contribution in [2.24, 2.45) is 0 Å². The number of carbonyl (C=O) groups is 4. The monoisotopic (exact) mass is 1380 g/mol. The van der Waals surface area contributed by atoms with Gasteiger partial charge in [-0.3, -0.25) is 37.3 Å². The molecule has 0 radical (unpaired) electrons. The first-order chi connectivity index (χ1) is 45.7. The van der Waals surface area contributed by atoms with Gasteiger partial charge < -0.3 is 33.8 Å². The fraction of sp³-hybridized carbons (Fsp3) is 0.947. The summed E-state index contributed by atoms with van der Waals surface area (Å²) in [5.74, 6) is -2.11. The highest BCUT2D eigenvalue weighted by atomic mass is 31.2. The van der Waals surface area contributed by atoms with Crippen LogP contribution in [-0.2, 0) is 65.4 Å². The molecule has 0 aromatic rings. The summed E-state index contributed by atoms with van der Waals surface area (Å²) in [6, 6.07) is 0. The lowest BCUT2D eigenvalue weighted by atomic mass is 10.0. The van der Waals surface area contributed by atoms with Crippen molar-refractivity contribution in [1.29, 1.82) is 0 Å². The van der Waals surface area contributed by atoms with Crippen LogP contribution in [0.4, 0.5) is 0 Å². The van der Waals surface area contributed by atoms with Gasteiger partial charge in [-0.2, -0.15) is 0 Å². The van der Waals surface area contributed by atoms with Gasteiger partial charge in [0, 0.05) is 25.7 Å². The van der Waals surface area contributed by atoms with Gasteiger partial charge in [0.25, 0.3) is 0 Å². The van der Waals surface area contributed by atoms with Crippen molar-refractivity contribution in [1.82, 2.24) is 0 Å². The molecule has 0 amide bonds. The quantitative estimate of drug-likeness (QED) is 0.0222. The Labute approximate surface area is 575 Å². The summed E-state index contributed by atoms with van der Waals surface area (Å²) >= 11 is 0. The summed E-state index contributed by atoms with van der Waals surface area (Å²) in [7, 11) is -9.90. The van der Waals surface area contributed by atoms with Gasteiger partial charge >= 0.3 is 39.5 Å². The van der Waals surface area contributed by atoms with E-state index in [9.17, 15) is 43.2 Å². The van der Waals surface area contributed by atoms with Gasteiger partial charge in [0.05, 0.1) is 26.4 Å². The Bertz CT molecular complexity index is 1790. The second-order valence-corrected chi connectivity index (χ2v) is 29.9. The zero-order valence-corrected chi connectivity index (χ0v) is 62.7. The average molecular weight is 1380 g/mol. The van der Waals surface area contributed by atoms with Crippen molar-refractivity contribution in [3.05, 3.63) is 0 Å². The zero-order chi connectivity index (χ0) is 69.0. The summed E-state index contributed by atoms with van der Waals surface area (Å²) < 4.78 is 68.4. The molecule has 5 atom stereocenters. The molecule has 0 saturated carbocycles. The molecule has 17 nitrogen and oxygen atoms in total. The maximum atomic E-state index is 13.1. The second kappa shape index (κ2) is 69.5. The van der Waals surface area contributed by atoms with Crippen molar-refractivity contribution < 1.29 is 80.2 Å². The van der Waals surface area contributed by atoms with Gasteiger partial charge in [0.1, 0.15) is 19.3 Å². The Morgan fingerprint density at radius 3 is 0.628 bits per heavy atom. The molecule has 0 fully saturated rings. The molecule has 0 aliphatic carbocycles. The summed E-state index contributed by atoms with van der Waals surface area (Å²) in [6.07, 6.45) is 59.6. The fourth-order valence-corrected chi connectivity index (χ4v) is 13.2. The summed E-state index contributed by atoms with van der Waals surface area (Å²) in [4.78, 5) is 72.7. The number of phosphoric acid groups is 2. The van der Waals surface area contributed by atoms with E-state index in [1.807, 2.05) is 0 Å². The summed E-state index contributed by atoms with van der Waals surface area (Å²) in [5, 5.41) is 10.6. The van der Waals surface area contributed by atoms with E-state index in [0.717, 1.165) is 89.9 Å². The van der Waals surface area contributed by atoms with Gasteiger partial charge in [-0.25, -0.2) is 9.13 Å². The minimum absolute atomic E-state index is 0.108. The zero-order valence-electron chi connectivity index (χ0n) is 60.9. The van der Waals surface area contributed by atoms with Crippen molar-refractivity contribution in [3.63, 3.8) is 0 Å². The van der Waals surface area contributed by atoms with E-state index in [-0.39, 0.29) is 25.7 Å². The molecule has 0 saturated heterocycles. The van der Waals surface area contributed by atoms with Crippen LogP contribution in [0.15, 0.2) is 0 Å². The highest BCUT2D eigenvalue weighted by molar-refractivity contribution is 7.47. The molecule has 0 bridgehead atoms. The lowest BCUT2D eigenvalue weighted by Crippen LogP contribution is -2.30. The predicted molar refractivity (Wildman–Crippen MR) is 382 cm³/mol. The van der Waals surface area contributed by atoms with Crippen molar-refractivity contribution >= 4 is 39.5 Å². The lowest BCUT2D eigenvalue weighted by molar-refractivity contribution is -0.161. The van der Waals surface area contributed by atoms with Gasteiger partial charge in [0.2, 0.25) is 0 Å². The number of aliphatic hydroxyl groups is 1. The van der Waals surface area contributed by atoms with E-state index in [4.69, 9.17) is 37.0 Å². The average Bonchev–Trinajstić information content (AvgIpc) is 1.95. The number of rotatable bonds is 76. The predicted octanol–water partition coefficient (Wildman–Crippen LogP) is 22.2. The third-order valence-electron chi connectivity index (χ3n) is 17.6. The van der Waals surface area contributed by atoms with Gasteiger partial charge in [-0.1, -0.05) is 349 Å². The standard InChI is InChI=1S/C75H146O17P2/c1-5-9-13-17-21-25-28-31-34-35-37-40-43-46-50-54-58-62-75(80)92-71(66-86-73(78)60-56-52-48-44-41-39-36-32-29-26-22-18-14-10-6-2)68-90-94(83,84)88-64-69(76)63-87-93(81,82)89-67-70(65-85-72(77)59-55-51-47-24-20-16-12-8-4)91-74(79)61-57-53-49-45-42-38-33-30-27-23-19-15-11-7-3/h69-71,76H,5-68H2,1-4H3,(H,81,82)(H,83,84)/t69-,70+,71+/m0/s1. The first-order valence-electron chi connectivity index (χ1n) is 39.3. The number of aliphatic hydroxyl groups excluding tert-OH is 1. The Morgan fingerprint density at radius 2 is 0.426 bits per heavy atom. The molecule has 0 aromatic heterocycles. The molecule has 94 heavy (non-hydrogen) atoms. The molecular formula is C75H146O17P2. The first kappa shape index (κ1) is 92.1. The van der Waals surface area contributed by atoms with E-state index >= 15 is 0 Å². The van der Waals surface area contributed by atoms with Gasteiger partial charge in [-0.15, -0.1) is 0 Å². The molecule has 558 valence electrons. The van der Waals surface area contributed by atoms with Crippen LogP contribution in [0.25, 0.3) is 0 Å². The lowest BCUT2D eigenvalue weighted by Gasteiger charge is -2.21. The molecule has 0 aromatic carbocycles. The van der Waals surface area contributed by atoms with Crippen LogP contribution < -0.4 is 0 Å². The normalized spacial score (nSPS) is 13.9. The van der Waals surface area contributed by atoms with Crippen molar-refractivity contribution in [3.8, 4) is 0 Å². The van der Waals surface area contributed by atoms with Crippen LogP contribution in [0.2, 0.25) is 0 Å². The fourth-order valence-electron chi connectivity index (χ4n) is 11.6. The minimum Gasteiger partial charge on any atom is -0.462 e. The van der Waals surface area contributed by atoms with Crippen molar-refractivity contribution in [2.45, 2.75) is 418 Å². The highest BCUT2D eigenvalue weighted by Crippen LogP contribution is 2.45. The molecule has 3 N–H and O–H groups in total. The second-order valence-electron chi connectivity index (χ2n) is 27.0. The summed E-state index contributed by atoms with van der Waals surface area (Å²) in [5.41, 5.74) is 0. The Morgan fingerprint density at radius 1 is 0.255 bits per heavy atom. The molecule has 19 heteroatoms.